The van der Waals surface area contributed by atoms with Crippen LogP contribution in [0, 0.1) is 13.8 Å². The van der Waals surface area contributed by atoms with Crippen molar-refractivity contribution in [3.63, 3.8) is 0 Å². The van der Waals surface area contributed by atoms with Crippen LogP contribution < -0.4 is 9.47 Å². The molecule has 3 aromatic rings. The predicted molar refractivity (Wildman–Crippen MR) is 156 cm³/mol. The first kappa shape index (κ1) is 28.4. The molecule has 3 aromatic carbocycles. The molecule has 0 spiro atoms. The highest BCUT2D eigenvalue weighted by molar-refractivity contribution is 6.46. The Bertz CT molecular complexity index is 1450. The van der Waals surface area contributed by atoms with E-state index < -0.39 is 17.7 Å². The molecule has 2 saturated heterocycles. The second-order valence-electron chi connectivity index (χ2n) is 10.4. The number of rotatable bonds is 9. The molecule has 8 heteroatoms. The van der Waals surface area contributed by atoms with Gasteiger partial charge in [-0.05, 0) is 48.7 Å². The topological polar surface area (TPSA) is 88.5 Å². The van der Waals surface area contributed by atoms with Crippen molar-refractivity contribution in [3.8, 4) is 11.5 Å². The number of aryl methyl sites for hydroxylation is 2. The summed E-state index contributed by atoms with van der Waals surface area (Å²) in [7, 11) is 1.56. The molecule has 2 heterocycles. The first-order valence-electron chi connectivity index (χ1n) is 13.9. The van der Waals surface area contributed by atoms with Crippen molar-refractivity contribution in [1.82, 2.24) is 9.80 Å². The molecule has 5 rings (SSSR count). The van der Waals surface area contributed by atoms with Crippen molar-refractivity contribution < 1.29 is 28.9 Å². The van der Waals surface area contributed by atoms with E-state index in [1.54, 1.807) is 24.1 Å². The van der Waals surface area contributed by atoms with Crippen LogP contribution in [0.2, 0.25) is 0 Å². The Balaban J connectivity index is 1.53. The minimum atomic E-state index is -0.784. The number of amides is 1. The molecule has 1 unspecified atom stereocenters. The Morgan fingerprint density at radius 2 is 1.71 bits per heavy atom. The van der Waals surface area contributed by atoms with E-state index in [9.17, 15) is 14.7 Å². The Morgan fingerprint density at radius 3 is 2.44 bits per heavy atom. The Morgan fingerprint density at radius 1 is 0.951 bits per heavy atom. The van der Waals surface area contributed by atoms with Crippen molar-refractivity contribution in [1.29, 1.82) is 0 Å². The van der Waals surface area contributed by atoms with E-state index in [0.29, 0.717) is 55.5 Å². The van der Waals surface area contributed by atoms with Gasteiger partial charge < -0.3 is 24.2 Å². The van der Waals surface area contributed by atoms with E-state index in [1.807, 2.05) is 68.4 Å². The minimum absolute atomic E-state index is 0.0747. The first-order valence-corrected chi connectivity index (χ1v) is 13.9. The number of carbonyl (C=O) groups excluding carboxylic acids is 2. The molecule has 0 aliphatic carbocycles. The van der Waals surface area contributed by atoms with Crippen LogP contribution in [0.4, 0.5) is 0 Å². The summed E-state index contributed by atoms with van der Waals surface area (Å²) < 4.78 is 17.2. The number of morpholine rings is 1. The molecule has 2 fully saturated rings. The highest BCUT2D eigenvalue weighted by atomic mass is 16.5. The number of ether oxygens (including phenoxy) is 3. The number of carbonyl (C=O) groups is 2. The van der Waals surface area contributed by atoms with Crippen LogP contribution in [0.5, 0.6) is 11.5 Å². The average Bonchev–Trinajstić information content (AvgIpc) is 3.25. The van der Waals surface area contributed by atoms with Crippen LogP contribution >= 0.6 is 0 Å². The van der Waals surface area contributed by atoms with Gasteiger partial charge in [-0.2, -0.15) is 0 Å². The van der Waals surface area contributed by atoms with Gasteiger partial charge in [0.2, 0.25) is 0 Å². The molecule has 0 aromatic heterocycles. The van der Waals surface area contributed by atoms with Crippen LogP contribution in [-0.4, -0.2) is 73.1 Å². The summed E-state index contributed by atoms with van der Waals surface area (Å²) in [5.41, 5.74) is 4.04. The van der Waals surface area contributed by atoms with E-state index in [0.717, 1.165) is 29.8 Å². The van der Waals surface area contributed by atoms with Crippen LogP contribution in [0.25, 0.3) is 5.76 Å². The fourth-order valence-corrected chi connectivity index (χ4v) is 5.38. The van der Waals surface area contributed by atoms with Crippen molar-refractivity contribution >= 4 is 17.4 Å². The van der Waals surface area contributed by atoms with E-state index in [4.69, 9.17) is 14.2 Å². The molecule has 1 atom stereocenters. The number of ketones is 1. The molecule has 0 bridgehead atoms. The number of methoxy groups -OCH3 is 1. The smallest absolute Gasteiger partial charge is 0.295 e. The van der Waals surface area contributed by atoms with Crippen molar-refractivity contribution in [3.05, 3.63) is 100 Å². The van der Waals surface area contributed by atoms with Gasteiger partial charge in [0.15, 0.2) is 11.5 Å². The second-order valence-corrected chi connectivity index (χ2v) is 10.4. The van der Waals surface area contributed by atoms with Gasteiger partial charge >= 0.3 is 0 Å². The lowest BCUT2D eigenvalue weighted by molar-refractivity contribution is -0.140. The van der Waals surface area contributed by atoms with Crippen molar-refractivity contribution in [2.24, 2.45) is 0 Å². The number of likely N-dealkylation sites (tertiary alicyclic amines) is 1. The number of hydrogen-bond donors (Lipinski definition) is 1. The Labute approximate surface area is 240 Å². The zero-order chi connectivity index (χ0) is 28.9. The second kappa shape index (κ2) is 12.6. The third-order valence-corrected chi connectivity index (χ3v) is 7.69. The van der Waals surface area contributed by atoms with Gasteiger partial charge in [0, 0.05) is 31.7 Å². The fourth-order valence-electron chi connectivity index (χ4n) is 5.38. The maximum atomic E-state index is 13.5. The molecule has 1 amide bonds. The standard InChI is InChI=1S/C33H36N2O6/c1-22-9-10-23(2)26(19-22)31(36)29-30(35(33(38)32(29)37)14-13-34-15-17-40-18-16-34)25-11-12-27(28(20-25)39-3)41-21-24-7-5-4-6-8-24/h4-12,19-20,30,36H,13-18,21H2,1-3H3. The number of Topliss-reactive ketones (excluding diaryl/α,β-unsaturated/α-hetero) is 1. The lowest BCUT2D eigenvalue weighted by Gasteiger charge is -2.31. The van der Waals surface area contributed by atoms with Crippen LogP contribution in [0.1, 0.15) is 33.9 Å². The summed E-state index contributed by atoms with van der Waals surface area (Å²) in [5.74, 6) is -0.479. The molecule has 8 nitrogen and oxygen atoms in total. The summed E-state index contributed by atoms with van der Waals surface area (Å²) in [4.78, 5) is 30.8. The SMILES string of the molecule is COc1cc(C2C(=C(O)c3cc(C)ccc3C)C(=O)C(=O)N2CCN2CCOCC2)ccc1OCc1ccccc1. The van der Waals surface area contributed by atoms with Crippen LogP contribution in [-0.2, 0) is 20.9 Å². The summed E-state index contributed by atoms with van der Waals surface area (Å²) in [6, 6.07) is 20.1. The van der Waals surface area contributed by atoms with Gasteiger partial charge in [0.1, 0.15) is 12.4 Å². The molecule has 0 radical (unpaired) electrons. The normalized spacial score (nSPS) is 19.0. The van der Waals surface area contributed by atoms with E-state index in [1.165, 1.54) is 0 Å². The largest absolute Gasteiger partial charge is 0.507 e. The molecule has 0 saturated carbocycles. The van der Waals surface area contributed by atoms with E-state index >= 15 is 0 Å². The molecule has 2 aliphatic heterocycles. The number of aliphatic hydroxyl groups is 1. The zero-order valence-electron chi connectivity index (χ0n) is 23.8. The molecule has 1 N–H and O–H groups in total. The fraction of sp³-hybridized carbons (Fsp3) is 0.333. The Kier molecular flexibility index (Phi) is 8.71. The van der Waals surface area contributed by atoms with E-state index in [2.05, 4.69) is 4.90 Å². The third kappa shape index (κ3) is 6.14. The highest BCUT2D eigenvalue weighted by Crippen LogP contribution is 2.42. The lowest BCUT2D eigenvalue weighted by Crippen LogP contribution is -2.42. The molecule has 214 valence electrons. The maximum Gasteiger partial charge on any atom is 0.295 e. The van der Waals surface area contributed by atoms with Gasteiger partial charge in [0.05, 0.1) is 31.9 Å². The van der Waals surface area contributed by atoms with Gasteiger partial charge in [0.25, 0.3) is 11.7 Å². The maximum absolute atomic E-state index is 13.5. The molecule has 41 heavy (non-hydrogen) atoms. The zero-order valence-corrected chi connectivity index (χ0v) is 23.8. The molecular formula is C33H36N2O6. The highest BCUT2D eigenvalue weighted by Gasteiger charge is 2.46. The van der Waals surface area contributed by atoms with Gasteiger partial charge in [-0.15, -0.1) is 0 Å². The predicted octanol–water partition coefficient (Wildman–Crippen LogP) is 4.64. The lowest BCUT2D eigenvalue weighted by atomic mass is 9.93. The monoisotopic (exact) mass is 556 g/mol. The van der Waals surface area contributed by atoms with Gasteiger partial charge in [-0.3, -0.25) is 14.5 Å². The summed E-state index contributed by atoms with van der Waals surface area (Å²) >= 11 is 0. The Hall–Kier alpha value is -4.14. The quantitative estimate of drug-likeness (QED) is 0.233. The average molecular weight is 557 g/mol. The number of nitrogens with zero attached hydrogens (tertiary/aromatic N) is 2. The molecule has 2 aliphatic rings. The molecular weight excluding hydrogens is 520 g/mol. The van der Waals surface area contributed by atoms with Crippen LogP contribution in [0.15, 0.2) is 72.3 Å². The van der Waals surface area contributed by atoms with Crippen molar-refractivity contribution in [2.75, 3.05) is 46.5 Å². The number of benzene rings is 3. The number of hydrogen-bond acceptors (Lipinski definition) is 7. The van der Waals surface area contributed by atoms with E-state index in [-0.39, 0.29) is 11.3 Å². The van der Waals surface area contributed by atoms with Crippen LogP contribution in [0.3, 0.4) is 0 Å². The summed E-state index contributed by atoms with van der Waals surface area (Å²) in [6.07, 6.45) is 0. The third-order valence-electron chi connectivity index (χ3n) is 7.69. The first-order chi connectivity index (χ1) is 19.9. The van der Waals surface area contributed by atoms with Gasteiger partial charge in [-0.1, -0.05) is 54.1 Å². The van der Waals surface area contributed by atoms with Gasteiger partial charge in [-0.25, -0.2) is 0 Å². The summed E-state index contributed by atoms with van der Waals surface area (Å²) in [6.45, 7) is 7.87. The summed E-state index contributed by atoms with van der Waals surface area (Å²) in [5, 5.41) is 11.6. The minimum Gasteiger partial charge on any atom is -0.507 e. The number of aliphatic hydroxyl groups excluding tert-OH is 1. The van der Waals surface area contributed by atoms with Crippen molar-refractivity contribution in [2.45, 2.75) is 26.5 Å².